The molecule has 0 radical (unpaired) electrons. The average molecular weight is 258 g/mol. The van der Waals surface area contributed by atoms with E-state index in [1.165, 1.54) is 0 Å². The smallest absolute Gasteiger partial charge is 0.149 e. The van der Waals surface area contributed by atoms with E-state index in [2.05, 4.69) is 0 Å². The van der Waals surface area contributed by atoms with Gasteiger partial charge in [-0.05, 0) is 28.5 Å². The molecule has 0 heterocycles. The topological polar surface area (TPSA) is 104 Å². The Bertz CT molecular complexity index is 115. The molecule has 10 heavy (non-hydrogen) atoms. The minimum Gasteiger partial charge on any atom is -0.310 e. The van der Waals surface area contributed by atoms with Crippen molar-refractivity contribution in [2.24, 2.45) is 28.9 Å². The number of halogens is 1. The summed E-state index contributed by atoms with van der Waals surface area (Å²) in [6.45, 7) is 3.76. The van der Waals surface area contributed by atoms with Crippen molar-refractivity contribution in [2.75, 3.05) is 0 Å². The Morgan fingerprint density at radius 1 is 1.10 bits per heavy atom. The lowest BCUT2D eigenvalue weighted by molar-refractivity contribution is 0.254. The molecule has 0 aliphatic heterocycles. The second-order valence-electron chi connectivity index (χ2n) is 2.86. The van der Waals surface area contributed by atoms with Crippen molar-refractivity contribution in [1.29, 1.82) is 0 Å². The number of nitrogens with two attached hydrogens (primary N) is 4. The fourth-order valence-corrected chi connectivity index (χ4v) is 1.07. The largest absolute Gasteiger partial charge is 0.310 e. The van der Waals surface area contributed by atoms with Gasteiger partial charge in [-0.25, -0.2) is 0 Å². The highest BCUT2D eigenvalue weighted by Gasteiger charge is 2.40. The highest BCUT2D eigenvalue weighted by atomic mass is 127. The molecule has 0 aliphatic rings. The number of alkyl halides is 1. The maximum atomic E-state index is 5.66. The minimum atomic E-state index is -1.06. The van der Waals surface area contributed by atoms with Gasteiger partial charge in [-0.15, -0.1) is 0 Å². The quantitative estimate of drug-likeness (QED) is 0.227. The van der Waals surface area contributed by atoms with Gasteiger partial charge in [0, 0.05) is 0 Å². The van der Waals surface area contributed by atoms with Gasteiger partial charge in [-0.3, -0.25) is 0 Å². The van der Waals surface area contributed by atoms with Crippen LogP contribution in [0.5, 0.6) is 0 Å². The van der Waals surface area contributed by atoms with Crippen LogP contribution in [0.1, 0.15) is 13.8 Å². The Morgan fingerprint density at radius 2 is 1.40 bits per heavy atom. The zero-order valence-corrected chi connectivity index (χ0v) is 8.42. The lowest BCUT2D eigenvalue weighted by Crippen LogP contribution is -2.75. The standard InChI is InChI=1S/C5H15IN4/c1-3(2)4(7,8)5(6,9)10/h3H,7-10H2,1-2H3. The summed E-state index contributed by atoms with van der Waals surface area (Å²) in [5, 5.41) is 0. The molecule has 0 saturated heterocycles. The lowest BCUT2D eigenvalue weighted by atomic mass is 9.95. The monoisotopic (exact) mass is 258 g/mol. The molecule has 0 aromatic carbocycles. The van der Waals surface area contributed by atoms with E-state index in [9.17, 15) is 0 Å². The first-order valence-corrected chi connectivity index (χ1v) is 4.12. The minimum absolute atomic E-state index is 0.0550. The van der Waals surface area contributed by atoms with E-state index in [0.29, 0.717) is 0 Å². The SMILES string of the molecule is CC(C)C(N)(N)C(N)(N)I. The van der Waals surface area contributed by atoms with Crippen LogP contribution < -0.4 is 22.9 Å². The number of hydrogen-bond acceptors (Lipinski definition) is 4. The van der Waals surface area contributed by atoms with Crippen molar-refractivity contribution >= 4 is 22.6 Å². The molecular formula is C5H15IN4. The fraction of sp³-hybridized carbons (Fsp3) is 1.00. The van der Waals surface area contributed by atoms with Crippen molar-refractivity contribution < 1.29 is 0 Å². The highest BCUT2D eigenvalue weighted by molar-refractivity contribution is 14.1. The van der Waals surface area contributed by atoms with Crippen LogP contribution in [-0.4, -0.2) is 9.33 Å². The van der Waals surface area contributed by atoms with E-state index in [-0.39, 0.29) is 5.92 Å². The third kappa shape index (κ3) is 2.03. The molecule has 0 aliphatic carbocycles. The third-order valence-corrected chi connectivity index (χ3v) is 2.55. The van der Waals surface area contributed by atoms with Crippen LogP contribution in [0.15, 0.2) is 0 Å². The van der Waals surface area contributed by atoms with Crippen molar-refractivity contribution in [1.82, 2.24) is 0 Å². The van der Waals surface area contributed by atoms with E-state index in [1.54, 1.807) is 0 Å². The molecule has 0 atom stereocenters. The first-order valence-electron chi connectivity index (χ1n) is 3.04. The second kappa shape index (κ2) is 2.90. The molecule has 0 rings (SSSR count). The molecule has 0 unspecified atom stereocenters. The van der Waals surface area contributed by atoms with Gasteiger partial charge in [-0.2, -0.15) is 0 Å². The van der Waals surface area contributed by atoms with Crippen molar-refractivity contribution in [3.8, 4) is 0 Å². The zero-order chi connectivity index (χ0) is 8.58. The van der Waals surface area contributed by atoms with E-state index >= 15 is 0 Å². The predicted molar refractivity (Wildman–Crippen MR) is 51.1 cm³/mol. The Labute approximate surface area is 74.8 Å². The summed E-state index contributed by atoms with van der Waals surface area (Å²) >= 11 is 1.84. The molecule has 0 aromatic rings. The van der Waals surface area contributed by atoms with Crippen molar-refractivity contribution in [2.45, 2.75) is 23.2 Å². The van der Waals surface area contributed by atoms with Crippen LogP contribution in [0.2, 0.25) is 0 Å². The molecule has 4 nitrogen and oxygen atoms in total. The fourth-order valence-electron chi connectivity index (χ4n) is 0.442. The normalized spacial score (nSPS) is 14.4. The van der Waals surface area contributed by atoms with Crippen molar-refractivity contribution in [3.63, 3.8) is 0 Å². The number of rotatable bonds is 2. The Hall–Kier alpha value is 0.570. The second-order valence-corrected chi connectivity index (χ2v) is 4.64. The highest BCUT2D eigenvalue weighted by Crippen LogP contribution is 2.21. The summed E-state index contributed by atoms with van der Waals surface area (Å²) in [6, 6.07) is 0. The lowest BCUT2D eigenvalue weighted by Gasteiger charge is -2.38. The maximum absolute atomic E-state index is 5.66. The summed E-state index contributed by atoms with van der Waals surface area (Å²) in [5.74, 6) is 0.0550. The van der Waals surface area contributed by atoms with Crippen LogP contribution in [0, 0.1) is 5.92 Å². The molecule has 0 aromatic heterocycles. The van der Waals surface area contributed by atoms with E-state index < -0.39 is 9.33 Å². The summed E-state index contributed by atoms with van der Waals surface area (Å²) in [7, 11) is 0. The van der Waals surface area contributed by atoms with Gasteiger partial charge in [0.2, 0.25) is 0 Å². The van der Waals surface area contributed by atoms with E-state index in [4.69, 9.17) is 22.9 Å². The van der Waals surface area contributed by atoms with Gasteiger partial charge in [0.05, 0.1) is 0 Å². The summed E-state index contributed by atoms with van der Waals surface area (Å²) in [6.07, 6.45) is 0. The Balaban J connectivity index is 4.40. The van der Waals surface area contributed by atoms with Crippen molar-refractivity contribution in [3.05, 3.63) is 0 Å². The Morgan fingerprint density at radius 3 is 1.40 bits per heavy atom. The van der Waals surface area contributed by atoms with E-state index in [0.717, 1.165) is 0 Å². The van der Waals surface area contributed by atoms with Gasteiger partial charge >= 0.3 is 0 Å². The van der Waals surface area contributed by atoms with Crippen LogP contribution in [0.3, 0.4) is 0 Å². The van der Waals surface area contributed by atoms with Gasteiger partial charge in [-0.1, -0.05) is 13.8 Å². The molecule has 0 amide bonds. The first kappa shape index (κ1) is 10.6. The maximum Gasteiger partial charge on any atom is 0.149 e. The number of hydrogen-bond donors (Lipinski definition) is 4. The molecule has 8 N–H and O–H groups in total. The van der Waals surface area contributed by atoms with Crippen LogP contribution in [0.4, 0.5) is 0 Å². The van der Waals surface area contributed by atoms with Gasteiger partial charge in [0.25, 0.3) is 0 Å². The summed E-state index contributed by atoms with van der Waals surface area (Å²) < 4.78 is -1.06. The van der Waals surface area contributed by atoms with Crippen LogP contribution >= 0.6 is 22.6 Å². The molecule has 0 saturated carbocycles. The molecular weight excluding hydrogens is 243 g/mol. The van der Waals surface area contributed by atoms with Gasteiger partial charge in [0.1, 0.15) is 9.33 Å². The first-order chi connectivity index (χ1) is 4.19. The zero-order valence-electron chi connectivity index (χ0n) is 6.26. The average Bonchev–Trinajstić information content (AvgIpc) is 1.62. The molecule has 5 heteroatoms. The molecule has 0 bridgehead atoms. The van der Waals surface area contributed by atoms with E-state index in [1.807, 2.05) is 36.4 Å². The van der Waals surface area contributed by atoms with Gasteiger partial charge in [0.15, 0.2) is 0 Å². The summed E-state index contributed by atoms with van der Waals surface area (Å²) in [5.41, 5.74) is 21.4. The third-order valence-electron chi connectivity index (χ3n) is 1.62. The van der Waals surface area contributed by atoms with Gasteiger partial charge < -0.3 is 22.9 Å². The van der Waals surface area contributed by atoms with Crippen LogP contribution in [-0.2, 0) is 0 Å². The molecule has 0 spiro atoms. The predicted octanol–water partition coefficient (Wildman–Crippen LogP) is -0.738. The molecule has 0 fully saturated rings. The Kier molecular flexibility index (Phi) is 3.06. The molecule has 62 valence electrons. The van der Waals surface area contributed by atoms with Crippen LogP contribution in [0.25, 0.3) is 0 Å². The summed E-state index contributed by atoms with van der Waals surface area (Å²) in [4.78, 5) is 0.